The molecular formula is C11H11ClN2O5S. The standard InChI is InChI=1S/C11H11ClN2O5S/c1-19-11(16)9-4-7(2-3-13-9)14-6-8(5-10(14)15)20(12,17)18/h2-4,8H,5-6H2,1H3. The lowest BCUT2D eigenvalue weighted by molar-refractivity contribution is -0.117. The minimum absolute atomic E-state index is 0.0370. The van der Waals surface area contributed by atoms with Crippen LogP contribution < -0.4 is 4.90 Å². The van der Waals surface area contributed by atoms with E-state index in [-0.39, 0.29) is 24.6 Å². The number of rotatable bonds is 3. The van der Waals surface area contributed by atoms with Gasteiger partial charge in [-0.25, -0.2) is 18.2 Å². The average molecular weight is 319 g/mol. The molecule has 0 N–H and O–H groups in total. The topological polar surface area (TPSA) is 93.6 Å². The smallest absolute Gasteiger partial charge is 0.356 e. The molecule has 1 aromatic rings. The first-order valence-electron chi connectivity index (χ1n) is 5.61. The molecular weight excluding hydrogens is 308 g/mol. The van der Waals surface area contributed by atoms with Gasteiger partial charge in [0, 0.05) is 35.5 Å². The summed E-state index contributed by atoms with van der Waals surface area (Å²) < 4.78 is 27.1. The van der Waals surface area contributed by atoms with E-state index in [0.717, 1.165) is 0 Å². The van der Waals surface area contributed by atoms with Gasteiger partial charge in [0.2, 0.25) is 15.0 Å². The van der Waals surface area contributed by atoms with Crippen molar-refractivity contribution in [2.45, 2.75) is 11.7 Å². The maximum absolute atomic E-state index is 11.8. The summed E-state index contributed by atoms with van der Waals surface area (Å²) in [6.45, 7) is -0.0463. The Bertz CT molecular complexity index is 661. The first-order valence-corrected chi connectivity index (χ1v) is 7.98. The summed E-state index contributed by atoms with van der Waals surface area (Å²) in [5.41, 5.74) is 0.420. The zero-order chi connectivity index (χ0) is 14.9. The normalized spacial score (nSPS) is 19.2. The molecule has 20 heavy (non-hydrogen) atoms. The van der Waals surface area contributed by atoms with E-state index in [1.54, 1.807) is 0 Å². The Kier molecular flexibility index (Phi) is 3.96. The molecule has 0 bridgehead atoms. The molecule has 9 heteroatoms. The second kappa shape index (κ2) is 5.37. The van der Waals surface area contributed by atoms with Crippen LogP contribution in [0.15, 0.2) is 18.3 Å². The second-order valence-corrected chi connectivity index (χ2v) is 7.11. The summed E-state index contributed by atoms with van der Waals surface area (Å²) in [6, 6.07) is 2.88. The van der Waals surface area contributed by atoms with Crippen molar-refractivity contribution < 1.29 is 22.7 Å². The lowest BCUT2D eigenvalue weighted by atomic mass is 10.3. The predicted molar refractivity (Wildman–Crippen MR) is 71.1 cm³/mol. The summed E-state index contributed by atoms with van der Waals surface area (Å²) in [4.78, 5) is 28.3. The molecule has 2 rings (SSSR count). The Labute approximate surface area is 119 Å². The van der Waals surface area contributed by atoms with Crippen molar-refractivity contribution in [3.05, 3.63) is 24.0 Å². The molecule has 0 saturated carbocycles. The number of hydrogen-bond donors (Lipinski definition) is 0. The van der Waals surface area contributed by atoms with E-state index in [1.165, 1.54) is 30.3 Å². The van der Waals surface area contributed by atoms with E-state index in [2.05, 4.69) is 9.72 Å². The van der Waals surface area contributed by atoms with Crippen LogP contribution in [0.3, 0.4) is 0 Å². The van der Waals surface area contributed by atoms with Gasteiger partial charge in [-0.3, -0.25) is 4.79 Å². The molecule has 0 radical (unpaired) electrons. The minimum atomic E-state index is -3.81. The molecule has 0 aliphatic carbocycles. The SMILES string of the molecule is COC(=O)c1cc(N2CC(S(=O)(=O)Cl)CC2=O)ccn1. The van der Waals surface area contributed by atoms with Gasteiger partial charge in [0.1, 0.15) is 10.9 Å². The molecule has 0 spiro atoms. The number of esters is 1. The highest BCUT2D eigenvalue weighted by Crippen LogP contribution is 2.26. The summed E-state index contributed by atoms with van der Waals surface area (Å²) in [5.74, 6) is -1.01. The van der Waals surface area contributed by atoms with E-state index >= 15 is 0 Å². The summed E-state index contributed by atoms with van der Waals surface area (Å²) in [7, 11) is 2.68. The number of ether oxygens (including phenoxy) is 1. The quantitative estimate of drug-likeness (QED) is 0.596. The highest BCUT2D eigenvalue weighted by molar-refractivity contribution is 8.14. The van der Waals surface area contributed by atoms with E-state index < -0.39 is 20.3 Å². The van der Waals surface area contributed by atoms with Crippen molar-refractivity contribution in [2.75, 3.05) is 18.6 Å². The molecule has 1 aromatic heterocycles. The molecule has 1 fully saturated rings. The third kappa shape index (κ3) is 2.91. The maximum Gasteiger partial charge on any atom is 0.356 e. The summed E-state index contributed by atoms with van der Waals surface area (Å²) >= 11 is 0. The zero-order valence-electron chi connectivity index (χ0n) is 10.4. The van der Waals surface area contributed by atoms with Gasteiger partial charge in [-0.05, 0) is 12.1 Å². The van der Waals surface area contributed by atoms with Crippen LogP contribution in [0, 0.1) is 0 Å². The van der Waals surface area contributed by atoms with Gasteiger partial charge in [0.05, 0.1) is 7.11 Å². The van der Waals surface area contributed by atoms with Gasteiger partial charge < -0.3 is 9.64 Å². The highest BCUT2D eigenvalue weighted by Gasteiger charge is 2.38. The van der Waals surface area contributed by atoms with Gasteiger partial charge in [-0.2, -0.15) is 0 Å². The Balaban J connectivity index is 2.29. The van der Waals surface area contributed by atoms with Crippen molar-refractivity contribution in [1.29, 1.82) is 0 Å². The Morgan fingerprint density at radius 1 is 1.55 bits per heavy atom. The summed E-state index contributed by atoms with van der Waals surface area (Å²) in [5, 5.41) is -0.952. The van der Waals surface area contributed by atoms with E-state index in [4.69, 9.17) is 10.7 Å². The van der Waals surface area contributed by atoms with Crippen molar-refractivity contribution in [3.63, 3.8) is 0 Å². The van der Waals surface area contributed by atoms with Crippen LogP contribution in [0.4, 0.5) is 5.69 Å². The van der Waals surface area contributed by atoms with Crippen LogP contribution in [0.5, 0.6) is 0 Å². The fourth-order valence-corrected chi connectivity index (χ4v) is 2.94. The largest absolute Gasteiger partial charge is 0.464 e. The van der Waals surface area contributed by atoms with Gasteiger partial charge in [0.25, 0.3) is 0 Å². The van der Waals surface area contributed by atoms with E-state index in [9.17, 15) is 18.0 Å². The van der Waals surface area contributed by atoms with Crippen LogP contribution in [0.25, 0.3) is 0 Å². The number of methoxy groups -OCH3 is 1. The van der Waals surface area contributed by atoms with Crippen molar-refractivity contribution >= 4 is 37.3 Å². The van der Waals surface area contributed by atoms with Gasteiger partial charge >= 0.3 is 5.97 Å². The van der Waals surface area contributed by atoms with Gasteiger partial charge in [-0.15, -0.1) is 0 Å². The molecule has 0 aromatic carbocycles. The van der Waals surface area contributed by atoms with Crippen LogP contribution in [0.2, 0.25) is 0 Å². The first kappa shape index (κ1) is 14.7. The zero-order valence-corrected chi connectivity index (χ0v) is 12.0. The second-order valence-electron chi connectivity index (χ2n) is 4.20. The molecule has 1 aliphatic heterocycles. The number of amides is 1. The Hall–Kier alpha value is -1.67. The predicted octanol–water partition coefficient (Wildman–Crippen LogP) is 0.542. The van der Waals surface area contributed by atoms with Crippen molar-refractivity contribution in [2.24, 2.45) is 0 Å². The van der Waals surface area contributed by atoms with Crippen LogP contribution in [-0.2, 0) is 18.6 Å². The number of aromatic nitrogens is 1. The van der Waals surface area contributed by atoms with Crippen molar-refractivity contribution in [1.82, 2.24) is 4.98 Å². The number of halogens is 1. The molecule has 1 unspecified atom stereocenters. The van der Waals surface area contributed by atoms with Crippen LogP contribution in [0.1, 0.15) is 16.9 Å². The third-order valence-electron chi connectivity index (χ3n) is 2.94. The highest BCUT2D eigenvalue weighted by atomic mass is 35.7. The first-order chi connectivity index (χ1) is 9.32. The lowest BCUT2D eigenvalue weighted by Gasteiger charge is -2.16. The average Bonchev–Trinajstić information content (AvgIpc) is 2.80. The van der Waals surface area contributed by atoms with Gasteiger partial charge in [0.15, 0.2) is 0 Å². The fourth-order valence-electron chi connectivity index (χ4n) is 1.92. The fraction of sp³-hybridized carbons (Fsp3) is 0.364. The maximum atomic E-state index is 11.8. The molecule has 1 aliphatic rings. The number of nitrogens with zero attached hydrogens (tertiary/aromatic N) is 2. The molecule has 1 saturated heterocycles. The Morgan fingerprint density at radius 2 is 2.25 bits per heavy atom. The van der Waals surface area contributed by atoms with Crippen LogP contribution in [-0.4, -0.2) is 44.2 Å². The van der Waals surface area contributed by atoms with E-state index in [1.807, 2.05) is 0 Å². The molecule has 1 amide bonds. The monoisotopic (exact) mass is 318 g/mol. The molecule has 1 atom stereocenters. The number of anilines is 1. The number of pyridine rings is 1. The third-order valence-corrected chi connectivity index (χ3v) is 4.81. The molecule has 7 nitrogen and oxygen atoms in total. The van der Waals surface area contributed by atoms with Gasteiger partial charge in [-0.1, -0.05) is 0 Å². The number of carbonyl (C=O) groups is 2. The van der Waals surface area contributed by atoms with E-state index in [0.29, 0.717) is 5.69 Å². The number of hydrogen-bond acceptors (Lipinski definition) is 6. The number of carbonyl (C=O) groups excluding carboxylic acids is 2. The molecule has 108 valence electrons. The Morgan fingerprint density at radius 3 is 2.80 bits per heavy atom. The van der Waals surface area contributed by atoms with Crippen molar-refractivity contribution in [3.8, 4) is 0 Å². The lowest BCUT2D eigenvalue weighted by Crippen LogP contribution is -2.27. The van der Waals surface area contributed by atoms with Crippen LogP contribution >= 0.6 is 10.7 Å². The molecule has 2 heterocycles. The minimum Gasteiger partial charge on any atom is -0.464 e. The summed E-state index contributed by atoms with van der Waals surface area (Å²) in [6.07, 6.45) is 1.17.